The minimum absolute atomic E-state index is 0.0968. The van der Waals surface area contributed by atoms with E-state index >= 15 is 0 Å². The highest BCUT2D eigenvalue weighted by Gasteiger charge is 2.21. The van der Waals surface area contributed by atoms with Crippen LogP contribution in [0.4, 0.5) is 0 Å². The smallest absolute Gasteiger partial charge is 0.298 e. The van der Waals surface area contributed by atoms with E-state index in [0.717, 1.165) is 13.0 Å². The van der Waals surface area contributed by atoms with Crippen LogP contribution < -0.4 is 5.73 Å². The quantitative estimate of drug-likeness (QED) is 0.479. The van der Waals surface area contributed by atoms with Gasteiger partial charge in [-0.3, -0.25) is 4.79 Å². The van der Waals surface area contributed by atoms with Crippen molar-refractivity contribution in [2.24, 2.45) is 5.73 Å². The predicted octanol–water partition coefficient (Wildman–Crippen LogP) is -0.431. The Morgan fingerprint density at radius 2 is 2.45 bits per heavy atom. The summed E-state index contributed by atoms with van der Waals surface area (Å²) in [7, 11) is 0. The molecule has 1 fully saturated rings. The molecule has 0 aromatic heterocycles. The summed E-state index contributed by atoms with van der Waals surface area (Å²) in [6.45, 7) is 3.08. The van der Waals surface area contributed by atoms with Crippen molar-refractivity contribution in [1.82, 2.24) is 4.90 Å². The first-order valence-electron chi connectivity index (χ1n) is 3.71. The maximum Gasteiger partial charge on any atom is 0.298 e. The molecule has 11 heavy (non-hydrogen) atoms. The van der Waals surface area contributed by atoms with Crippen molar-refractivity contribution in [2.75, 3.05) is 13.1 Å². The van der Waals surface area contributed by atoms with Gasteiger partial charge in [-0.25, -0.2) is 0 Å². The summed E-state index contributed by atoms with van der Waals surface area (Å²) in [5.74, 6) is 4.97. The zero-order chi connectivity index (χ0) is 8.27. The first-order chi connectivity index (χ1) is 5.24. The monoisotopic (exact) mass is 152 g/mol. The molecule has 0 spiro atoms. The molecule has 3 heteroatoms. The van der Waals surface area contributed by atoms with Crippen molar-refractivity contribution < 1.29 is 4.79 Å². The molecule has 0 unspecified atom stereocenters. The lowest BCUT2D eigenvalue weighted by molar-refractivity contribution is -0.124. The van der Waals surface area contributed by atoms with Crippen molar-refractivity contribution in [3.8, 4) is 11.8 Å². The van der Waals surface area contributed by atoms with E-state index in [1.165, 1.54) is 0 Å². The van der Waals surface area contributed by atoms with Crippen molar-refractivity contribution >= 4 is 5.91 Å². The summed E-state index contributed by atoms with van der Waals surface area (Å²) in [6, 6.07) is 0.151. The molecule has 1 saturated heterocycles. The predicted molar refractivity (Wildman–Crippen MR) is 42.6 cm³/mol. The molecule has 0 radical (unpaired) electrons. The molecule has 3 nitrogen and oxygen atoms in total. The van der Waals surface area contributed by atoms with Crippen molar-refractivity contribution in [1.29, 1.82) is 0 Å². The molecular weight excluding hydrogens is 140 g/mol. The molecule has 1 rings (SSSR count). The van der Waals surface area contributed by atoms with E-state index in [2.05, 4.69) is 11.8 Å². The van der Waals surface area contributed by atoms with E-state index in [1.54, 1.807) is 11.8 Å². The van der Waals surface area contributed by atoms with Gasteiger partial charge in [-0.15, -0.1) is 0 Å². The highest BCUT2D eigenvalue weighted by atomic mass is 16.2. The lowest BCUT2D eigenvalue weighted by atomic mass is 10.3. The van der Waals surface area contributed by atoms with Gasteiger partial charge in [0.15, 0.2) is 0 Å². The van der Waals surface area contributed by atoms with Crippen molar-refractivity contribution in [3.05, 3.63) is 0 Å². The van der Waals surface area contributed by atoms with Crippen LogP contribution in [-0.4, -0.2) is 29.9 Å². The van der Waals surface area contributed by atoms with Crippen LogP contribution in [0.1, 0.15) is 13.3 Å². The number of likely N-dealkylation sites (tertiary alicyclic amines) is 1. The van der Waals surface area contributed by atoms with Crippen molar-refractivity contribution in [3.63, 3.8) is 0 Å². The highest BCUT2D eigenvalue weighted by Crippen LogP contribution is 2.05. The fourth-order valence-corrected chi connectivity index (χ4v) is 1.16. The Bertz CT molecular complexity index is 214. The average molecular weight is 152 g/mol. The Labute approximate surface area is 66.5 Å². The van der Waals surface area contributed by atoms with Crippen LogP contribution in [0, 0.1) is 11.8 Å². The Balaban J connectivity index is 2.47. The Hall–Kier alpha value is -1.01. The van der Waals surface area contributed by atoms with Gasteiger partial charge < -0.3 is 10.6 Å². The summed E-state index contributed by atoms with van der Waals surface area (Å²) >= 11 is 0. The third kappa shape index (κ3) is 1.95. The second-order valence-electron chi connectivity index (χ2n) is 2.67. The average Bonchev–Trinajstić information content (AvgIpc) is 2.36. The molecule has 0 aromatic carbocycles. The lowest BCUT2D eigenvalue weighted by Crippen LogP contribution is -2.30. The lowest BCUT2D eigenvalue weighted by Gasteiger charge is -2.10. The second kappa shape index (κ2) is 3.40. The second-order valence-corrected chi connectivity index (χ2v) is 2.67. The summed E-state index contributed by atoms with van der Waals surface area (Å²) in [4.78, 5) is 12.8. The zero-order valence-corrected chi connectivity index (χ0v) is 6.63. The minimum Gasteiger partial charge on any atom is -0.330 e. The van der Waals surface area contributed by atoms with Gasteiger partial charge in [0.25, 0.3) is 5.91 Å². The van der Waals surface area contributed by atoms with Gasteiger partial charge in [0.2, 0.25) is 0 Å². The molecule has 1 aliphatic rings. The van der Waals surface area contributed by atoms with E-state index < -0.39 is 0 Å². The number of carbonyl (C=O) groups is 1. The minimum atomic E-state index is -0.0968. The molecule has 1 atom stereocenters. The Kier molecular flexibility index (Phi) is 2.50. The van der Waals surface area contributed by atoms with Gasteiger partial charge in [-0.05, 0) is 19.3 Å². The van der Waals surface area contributed by atoms with Crippen LogP contribution in [0.25, 0.3) is 0 Å². The molecule has 1 heterocycles. The summed E-state index contributed by atoms with van der Waals surface area (Å²) in [5.41, 5.74) is 5.62. The molecule has 0 saturated carbocycles. The highest BCUT2D eigenvalue weighted by molar-refractivity contribution is 5.93. The number of carbonyl (C=O) groups excluding carboxylic acids is 1. The Morgan fingerprint density at radius 1 is 1.73 bits per heavy atom. The van der Waals surface area contributed by atoms with E-state index in [1.807, 2.05) is 0 Å². The molecule has 2 N–H and O–H groups in total. The topological polar surface area (TPSA) is 46.3 Å². The molecule has 1 amide bonds. The summed E-state index contributed by atoms with van der Waals surface area (Å²) in [5, 5.41) is 0. The fourth-order valence-electron chi connectivity index (χ4n) is 1.16. The number of nitrogens with two attached hydrogens (primary N) is 1. The number of nitrogens with zero attached hydrogens (tertiary/aromatic N) is 1. The standard InChI is InChI=1S/C8H12N2O/c1-2-3-8(11)10-5-4-7(9)6-10/h7H,4-6,9H2,1H3/t7-/m0/s1. The maximum absolute atomic E-state index is 11.1. The van der Waals surface area contributed by atoms with Crippen LogP contribution in [0.5, 0.6) is 0 Å². The summed E-state index contributed by atoms with van der Waals surface area (Å²) < 4.78 is 0. The van der Waals surface area contributed by atoms with Crippen LogP contribution in [0.3, 0.4) is 0 Å². The van der Waals surface area contributed by atoms with E-state index in [9.17, 15) is 4.79 Å². The van der Waals surface area contributed by atoms with Gasteiger partial charge >= 0.3 is 0 Å². The van der Waals surface area contributed by atoms with Gasteiger partial charge in [0, 0.05) is 19.1 Å². The third-order valence-corrected chi connectivity index (χ3v) is 1.74. The number of rotatable bonds is 0. The maximum atomic E-state index is 11.1. The van der Waals surface area contributed by atoms with E-state index in [4.69, 9.17) is 5.73 Å². The fraction of sp³-hybridized carbons (Fsp3) is 0.625. The van der Waals surface area contributed by atoms with Crippen LogP contribution >= 0.6 is 0 Å². The van der Waals surface area contributed by atoms with Gasteiger partial charge in [0.05, 0.1) is 0 Å². The molecule has 0 bridgehead atoms. The molecule has 1 aliphatic heterocycles. The molecule has 0 aliphatic carbocycles. The van der Waals surface area contributed by atoms with Gasteiger partial charge in [-0.1, -0.05) is 5.92 Å². The first kappa shape index (κ1) is 8.09. The van der Waals surface area contributed by atoms with Crippen LogP contribution in [-0.2, 0) is 4.79 Å². The van der Waals surface area contributed by atoms with E-state index in [-0.39, 0.29) is 11.9 Å². The number of hydrogen-bond acceptors (Lipinski definition) is 2. The Morgan fingerprint density at radius 3 is 2.91 bits per heavy atom. The van der Waals surface area contributed by atoms with Gasteiger partial charge in [0.1, 0.15) is 0 Å². The number of hydrogen-bond donors (Lipinski definition) is 1. The first-order valence-corrected chi connectivity index (χ1v) is 3.71. The van der Waals surface area contributed by atoms with Crippen LogP contribution in [0.2, 0.25) is 0 Å². The van der Waals surface area contributed by atoms with Crippen LogP contribution in [0.15, 0.2) is 0 Å². The molecule has 0 aromatic rings. The molecular formula is C8H12N2O. The van der Waals surface area contributed by atoms with Gasteiger partial charge in [-0.2, -0.15) is 0 Å². The van der Waals surface area contributed by atoms with Crippen molar-refractivity contribution in [2.45, 2.75) is 19.4 Å². The molecule has 60 valence electrons. The summed E-state index contributed by atoms with van der Waals surface area (Å²) in [6.07, 6.45) is 0.900. The largest absolute Gasteiger partial charge is 0.330 e. The third-order valence-electron chi connectivity index (χ3n) is 1.74. The number of amides is 1. The zero-order valence-electron chi connectivity index (χ0n) is 6.63. The van der Waals surface area contributed by atoms with E-state index in [0.29, 0.717) is 6.54 Å². The normalized spacial score (nSPS) is 22.7. The SMILES string of the molecule is CC#CC(=O)N1CC[C@H](N)C1.